The van der Waals surface area contributed by atoms with Gasteiger partial charge in [-0.2, -0.15) is 0 Å². The van der Waals surface area contributed by atoms with E-state index in [1.54, 1.807) is 0 Å². The highest BCUT2D eigenvalue weighted by Crippen LogP contribution is 2.19. The molecule has 90 valence electrons. The minimum absolute atomic E-state index is 0.608. The summed E-state index contributed by atoms with van der Waals surface area (Å²) < 4.78 is 0. The Morgan fingerprint density at radius 2 is 1.60 bits per heavy atom. The Balaban J connectivity index is 2.35. The average Bonchev–Trinajstić information content (AvgIpc) is 2.15. The van der Waals surface area contributed by atoms with E-state index in [0.29, 0.717) is 18.1 Å². The van der Waals surface area contributed by atoms with Crippen LogP contribution in [0.1, 0.15) is 53.4 Å². The Morgan fingerprint density at radius 1 is 1.00 bits per heavy atom. The van der Waals surface area contributed by atoms with Crippen molar-refractivity contribution < 1.29 is 0 Å². The van der Waals surface area contributed by atoms with Gasteiger partial charge in [0.1, 0.15) is 0 Å². The summed E-state index contributed by atoms with van der Waals surface area (Å²) in [5.74, 6) is 0.756. The van der Waals surface area contributed by atoms with Crippen LogP contribution in [0, 0.1) is 5.92 Å². The minimum atomic E-state index is 0.608. The molecule has 0 spiro atoms. The first-order valence-corrected chi connectivity index (χ1v) is 6.59. The summed E-state index contributed by atoms with van der Waals surface area (Å²) in [6.07, 6.45) is 5.47. The molecule has 0 radical (unpaired) electrons. The molecule has 0 bridgehead atoms. The second kappa shape index (κ2) is 6.49. The molecule has 0 heterocycles. The van der Waals surface area contributed by atoms with Crippen LogP contribution in [0.15, 0.2) is 0 Å². The maximum Gasteiger partial charge on any atom is 0.0223 e. The van der Waals surface area contributed by atoms with Gasteiger partial charge >= 0.3 is 0 Å². The minimum Gasteiger partial charge on any atom is -0.312 e. The predicted molar refractivity (Wildman–Crippen MR) is 67.2 cm³/mol. The van der Waals surface area contributed by atoms with Crippen molar-refractivity contribution in [3.05, 3.63) is 0 Å². The molecular weight excluding hydrogens is 184 g/mol. The zero-order chi connectivity index (χ0) is 11.3. The topological polar surface area (TPSA) is 24.1 Å². The van der Waals surface area contributed by atoms with Gasteiger partial charge in [-0.25, -0.2) is 0 Å². The monoisotopic (exact) mass is 212 g/mol. The molecule has 0 aliphatic heterocycles. The van der Waals surface area contributed by atoms with Gasteiger partial charge in [-0.1, -0.05) is 40.5 Å². The van der Waals surface area contributed by atoms with E-state index in [9.17, 15) is 0 Å². The average molecular weight is 212 g/mol. The van der Waals surface area contributed by atoms with Gasteiger partial charge in [0.25, 0.3) is 0 Å². The maximum absolute atomic E-state index is 3.71. The van der Waals surface area contributed by atoms with E-state index in [2.05, 4.69) is 38.3 Å². The van der Waals surface area contributed by atoms with Crippen molar-refractivity contribution in [1.29, 1.82) is 0 Å². The molecule has 0 aromatic heterocycles. The highest BCUT2D eigenvalue weighted by Gasteiger charge is 2.24. The normalized spacial score (nSPS) is 27.6. The smallest absolute Gasteiger partial charge is 0.0223 e. The van der Waals surface area contributed by atoms with Crippen LogP contribution in [0.4, 0.5) is 0 Å². The van der Waals surface area contributed by atoms with Crippen molar-refractivity contribution in [2.24, 2.45) is 5.92 Å². The van der Waals surface area contributed by atoms with Crippen LogP contribution in [0.25, 0.3) is 0 Å². The number of rotatable bonds is 5. The fraction of sp³-hybridized carbons (Fsp3) is 1.00. The van der Waals surface area contributed by atoms with E-state index < -0.39 is 0 Å². The first-order chi connectivity index (χ1) is 7.09. The first kappa shape index (κ1) is 13.0. The molecule has 2 unspecified atom stereocenters. The fourth-order valence-corrected chi connectivity index (χ4v) is 2.39. The third-order valence-electron chi connectivity index (χ3n) is 3.10. The van der Waals surface area contributed by atoms with Crippen molar-refractivity contribution in [3.63, 3.8) is 0 Å². The number of hydrogen-bond donors (Lipinski definition) is 2. The standard InChI is InChI=1S/C13H28N2/c1-10(2)9-14-12-7-5-6-8-13(12)15-11(3)4/h10-15H,5-9H2,1-4H3. The highest BCUT2D eigenvalue weighted by molar-refractivity contribution is 4.87. The van der Waals surface area contributed by atoms with Crippen molar-refractivity contribution in [1.82, 2.24) is 10.6 Å². The molecule has 2 atom stereocenters. The molecular formula is C13H28N2. The zero-order valence-electron chi connectivity index (χ0n) is 10.8. The van der Waals surface area contributed by atoms with Crippen molar-refractivity contribution in [2.75, 3.05) is 6.54 Å². The van der Waals surface area contributed by atoms with Crippen molar-refractivity contribution in [3.8, 4) is 0 Å². The zero-order valence-corrected chi connectivity index (χ0v) is 10.8. The van der Waals surface area contributed by atoms with Gasteiger partial charge in [0.15, 0.2) is 0 Å². The molecule has 0 aromatic carbocycles. The van der Waals surface area contributed by atoms with Crippen LogP contribution in [0.2, 0.25) is 0 Å². The lowest BCUT2D eigenvalue weighted by molar-refractivity contribution is 0.265. The SMILES string of the molecule is CC(C)CNC1CCCCC1NC(C)C. The van der Waals surface area contributed by atoms with Crippen LogP contribution in [0.5, 0.6) is 0 Å². The molecule has 15 heavy (non-hydrogen) atoms. The van der Waals surface area contributed by atoms with Gasteiger partial charge in [-0.3, -0.25) is 0 Å². The first-order valence-electron chi connectivity index (χ1n) is 6.59. The van der Waals surface area contributed by atoms with Gasteiger partial charge in [-0.05, 0) is 25.3 Å². The molecule has 1 saturated carbocycles. The van der Waals surface area contributed by atoms with E-state index in [0.717, 1.165) is 12.5 Å². The van der Waals surface area contributed by atoms with Crippen LogP contribution < -0.4 is 10.6 Å². The Kier molecular flexibility index (Phi) is 5.62. The second-order valence-electron chi connectivity index (χ2n) is 5.62. The summed E-state index contributed by atoms with van der Waals surface area (Å²) in [4.78, 5) is 0. The van der Waals surface area contributed by atoms with Crippen LogP contribution in [-0.4, -0.2) is 24.7 Å². The Labute approximate surface area is 95.2 Å². The van der Waals surface area contributed by atoms with Crippen LogP contribution in [0.3, 0.4) is 0 Å². The third kappa shape index (κ3) is 4.98. The molecule has 2 nitrogen and oxygen atoms in total. The fourth-order valence-electron chi connectivity index (χ4n) is 2.39. The Hall–Kier alpha value is -0.0800. The molecule has 0 aromatic rings. The Bertz CT molecular complexity index is 166. The summed E-state index contributed by atoms with van der Waals surface area (Å²) in [6, 6.07) is 2.00. The lowest BCUT2D eigenvalue weighted by Crippen LogP contribution is -2.52. The second-order valence-corrected chi connectivity index (χ2v) is 5.62. The van der Waals surface area contributed by atoms with Gasteiger partial charge in [0.05, 0.1) is 0 Å². The molecule has 0 saturated heterocycles. The van der Waals surface area contributed by atoms with Crippen LogP contribution in [-0.2, 0) is 0 Å². The van der Waals surface area contributed by atoms with E-state index >= 15 is 0 Å². The third-order valence-corrected chi connectivity index (χ3v) is 3.10. The molecule has 1 aliphatic carbocycles. The summed E-state index contributed by atoms with van der Waals surface area (Å²) in [7, 11) is 0. The van der Waals surface area contributed by atoms with Crippen molar-refractivity contribution in [2.45, 2.75) is 71.5 Å². The molecule has 1 rings (SSSR count). The lowest BCUT2D eigenvalue weighted by atomic mass is 9.89. The van der Waals surface area contributed by atoms with Gasteiger partial charge in [0.2, 0.25) is 0 Å². The van der Waals surface area contributed by atoms with Crippen LogP contribution >= 0.6 is 0 Å². The molecule has 0 amide bonds. The summed E-state index contributed by atoms with van der Waals surface area (Å²) >= 11 is 0. The summed E-state index contributed by atoms with van der Waals surface area (Å²) in [6.45, 7) is 10.2. The van der Waals surface area contributed by atoms with Gasteiger partial charge in [0, 0.05) is 18.1 Å². The quantitative estimate of drug-likeness (QED) is 0.732. The van der Waals surface area contributed by atoms with E-state index in [1.807, 2.05) is 0 Å². The Morgan fingerprint density at radius 3 is 2.13 bits per heavy atom. The number of hydrogen-bond acceptors (Lipinski definition) is 2. The van der Waals surface area contributed by atoms with E-state index in [4.69, 9.17) is 0 Å². The van der Waals surface area contributed by atoms with E-state index in [-0.39, 0.29) is 0 Å². The molecule has 1 fully saturated rings. The summed E-state index contributed by atoms with van der Waals surface area (Å²) in [5, 5.41) is 7.41. The molecule has 2 N–H and O–H groups in total. The summed E-state index contributed by atoms with van der Waals surface area (Å²) in [5.41, 5.74) is 0. The van der Waals surface area contributed by atoms with E-state index in [1.165, 1.54) is 25.7 Å². The highest BCUT2D eigenvalue weighted by atomic mass is 15.0. The predicted octanol–water partition coefficient (Wildman–Crippen LogP) is 2.54. The van der Waals surface area contributed by atoms with Gasteiger partial charge in [-0.15, -0.1) is 0 Å². The van der Waals surface area contributed by atoms with Crippen molar-refractivity contribution >= 4 is 0 Å². The maximum atomic E-state index is 3.71. The number of nitrogens with one attached hydrogen (secondary N) is 2. The van der Waals surface area contributed by atoms with Gasteiger partial charge < -0.3 is 10.6 Å². The largest absolute Gasteiger partial charge is 0.312 e. The molecule has 1 aliphatic rings. The lowest BCUT2D eigenvalue weighted by Gasteiger charge is -2.35. The molecule has 2 heteroatoms.